The number of nitro groups is 2. The third kappa shape index (κ3) is 2.06. The van der Waals surface area contributed by atoms with Gasteiger partial charge in [0.25, 0.3) is 0 Å². The van der Waals surface area contributed by atoms with E-state index in [1.807, 2.05) is 0 Å². The highest BCUT2D eigenvalue weighted by Crippen LogP contribution is 2.35. The normalized spacial score (nSPS) is 9.81. The number of carboxylic acid groups (broad SMARTS) is 1. The lowest BCUT2D eigenvalue weighted by Crippen LogP contribution is -2.02. The molecule has 0 saturated heterocycles. The van der Waals surface area contributed by atoms with E-state index in [0.29, 0.717) is 6.07 Å². The van der Waals surface area contributed by atoms with Crippen LogP contribution in [-0.4, -0.2) is 20.9 Å². The Kier molecular flexibility index (Phi) is 3.04. The first-order valence-electron chi connectivity index (χ1n) is 3.70. The summed E-state index contributed by atoms with van der Waals surface area (Å²) >= 11 is 5.41. The summed E-state index contributed by atoms with van der Waals surface area (Å²) in [6, 6.07) is 1.38. The molecule has 1 N–H and O–H groups in total. The van der Waals surface area contributed by atoms with Crippen LogP contribution in [0.1, 0.15) is 10.4 Å². The maximum Gasteiger partial charge on any atom is 0.364 e. The molecule has 0 aliphatic rings. The molecule has 0 amide bonds. The van der Waals surface area contributed by atoms with Gasteiger partial charge in [-0.25, -0.2) is 4.79 Å². The summed E-state index contributed by atoms with van der Waals surface area (Å²) in [7, 11) is 0. The van der Waals surface area contributed by atoms with Gasteiger partial charge in [0.1, 0.15) is 5.02 Å². The van der Waals surface area contributed by atoms with Gasteiger partial charge in [-0.05, 0) is 6.07 Å². The molecule has 9 heteroatoms. The van der Waals surface area contributed by atoms with E-state index in [1.165, 1.54) is 0 Å². The average molecular weight is 247 g/mol. The van der Waals surface area contributed by atoms with Crippen LogP contribution in [0.5, 0.6) is 0 Å². The van der Waals surface area contributed by atoms with E-state index in [2.05, 4.69) is 0 Å². The molecule has 0 unspecified atom stereocenters. The minimum absolute atomic E-state index is 0.484. The molecule has 0 saturated carbocycles. The highest BCUT2D eigenvalue weighted by Gasteiger charge is 2.30. The van der Waals surface area contributed by atoms with Crippen LogP contribution in [0.15, 0.2) is 12.1 Å². The zero-order valence-corrected chi connectivity index (χ0v) is 8.17. The van der Waals surface area contributed by atoms with Crippen LogP contribution in [0.25, 0.3) is 0 Å². The highest BCUT2D eigenvalue weighted by atomic mass is 35.5. The quantitative estimate of drug-likeness (QED) is 0.641. The van der Waals surface area contributed by atoms with E-state index in [1.54, 1.807) is 0 Å². The number of carbonyl (C=O) groups is 1. The predicted octanol–water partition coefficient (Wildman–Crippen LogP) is 1.85. The van der Waals surface area contributed by atoms with Gasteiger partial charge in [0.05, 0.1) is 15.4 Å². The fourth-order valence-electron chi connectivity index (χ4n) is 1.03. The number of hydrogen-bond donors (Lipinski definition) is 1. The Morgan fingerprint density at radius 3 is 2.19 bits per heavy atom. The first kappa shape index (κ1) is 11.9. The van der Waals surface area contributed by atoms with Gasteiger partial charge in [-0.2, -0.15) is 0 Å². The third-order valence-electron chi connectivity index (χ3n) is 1.67. The molecule has 8 nitrogen and oxygen atoms in total. The second-order valence-electron chi connectivity index (χ2n) is 2.65. The highest BCUT2D eigenvalue weighted by molar-refractivity contribution is 6.33. The van der Waals surface area contributed by atoms with Crippen molar-refractivity contribution >= 4 is 28.9 Å². The summed E-state index contributed by atoms with van der Waals surface area (Å²) < 4.78 is 0. The molecule has 84 valence electrons. The lowest BCUT2D eigenvalue weighted by molar-refractivity contribution is -0.422. The lowest BCUT2D eigenvalue weighted by Gasteiger charge is -1.99. The summed E-state index contributed by atoms with van der Waals surface area (Å²) in [5.41, 5.74) is -2.35. The smallest absolute Gasteiger partial charge is 0.364 e. The summed E-state index contributed by atoms with van der Waals surface area (Å²) in [5.74, 6) is -1.46. The van der Waals surface area contributed by atoms with Crippen molar-refractivity contribution < 1.29 is 19.7 Å². The van der Waals surface area contributed by atoms with Crippen molar-refractivity contribution in [3.8, 4) is 0 Å². The van der Waals surface area contributed by atoms with Crippen LogP contribution in [-0.2, 0) is 0 Å². The molecule has 1 aromatic rings. The predicted molar refractivity (Wildman–Crippen MR) is 51.7 cm³/mol. The number of halogens is 1. The zero-order valence-electron chi connectivity index (χ0n) is 7.42. The minimum Gasteiger partial charge on any atom is -0.478 e. The maximum absolute atomic E-state index is 10.6. The number of nitro benzene ring substituents is 2. The summed E-state index contributed by atoms with van der Waals surface area (Å²) in [6.45, 7) is 0. The molecule has 0 bridgehead atoms. The number of rotatable bonds is 3. The summed E-state index contributed by atoms with van der Waals surface area (Å²) in [6.07, 6.45) is 0. The van der Waals surface area contributed by atoms with E-state index in [4.69, 9.17) is 16.7 Å². The molecule has 1 aromatic carbocycles. The largest absolute Gasteiger partial charge is 0.478 e. The Morgan fingerprint density at radius 1 is 1.25 bits per heavy atom. The van der Waals surface area contributed by atoms with Gasteiger partial charge in [-0.15, -0.1) is 0 Å². The van der Waals surface area contributed by atoms with Gasteiger partial charge in [-0.3, -0.25) is 20.2 Å². The van der Waals surface area contributed by atoms with Gasteiger partial charge in [-0.1, -0.05) is 11.6 Å². The molecule has 0 aliphatic carbocycles. The first-order valence-corrected chi connectivity index (χ1v) is 4.08. The molecule has 16 heavy (non-hydrogen) atoms. The second kappa shape index (κ2) is 4.11. The van der Waals surface area contributed by atoms with Crippen molar-refractivity contribution in [3.63, 3.8) is 0 Å². The SMILES string of the molecule is O=C(O)c1cc(Cl)c([N+](=O)[O-])c([N+](=O)[O-])c1. The fraction of sp³-hybridized carbons (Fsp3) is 0. The molecule has 0 heterocycles. The Balaban J connectivity index is 3.58. The van der Waals surface area contributed by atoms with E-state index < -0.39 is 37.8 Å². The molecular weight excluding hydrogens is 244 g/mol. The molecular formula is C7H3ClN2O6. The number of hydrogen-bond acceptors (Lipinski definition) is 5. The van der Waals surface area contributed by atoms with E-state index in [-0.39, 0.29) is 0 Å². The van der Waals surface area contributed by atoms with Gasteiger partial charge in [0, 0.05) is 6.07 Å². The van der Waals surface area contributed by atoms with E-state index in [0.717, 1.165) is 6.07 Å². The molecule has 0 spiro atoms. The Morgan fingerprint density at radius 2 is 1.81 bits per heavy atom. The molecule has 0 radical (unpaired) electrons. The van der Waals surface area contributed by atoms with Crippen LogP contribution in [0, 0.1) is 20.2 Å². The van der Waals surface area contributed by atoms with Crippen molar-refractivity contribution in [1.29, 1.82) is 0 Å². The number of aromatic carboxylic acids is 1. The molecule has 0 aromatic heterocycles. The number of nitrogens with zero attached hydrogens (tertiary/aromatic N) is 2. The number of benzene rings is 1. The Labute approximate surface area is 92.4 Å². The van der Waals surface area contributed by atoms with Crippen molar-refractivity contribution in [2.45, 2.75) is 0 Å². The number of carboxylic acids is 1. The second-order valence-corrected chi connectivity index (χ2v) is 3.05. The fourth-order valence-corrected chi connectivity index (χ4v) is 1.31. The first-order chi connectivity index (χ1) is 7.34. The summed E-state index contributed by atoms with van der Waals surface area (Å²) in [4.78, 5) is 29.5. The van der Waals surface area contributed by atoms with Crippen molar-refractivity contribution in [2.75, 3.05) is 0 Å². The van der Waals surface area contributed by atoms with E-state index in [9.17, 15) is 25.0 Å². The van der Waals surface area contributed by atoms with Crippen LogP contribution in [0.4, 0.5) is 11.4 Å². The molecule has 0 aliphatic heterocycles. The summed E-state index contributed by atoms with van der Waals surface area (Å²) in [5, 5.41) is 29.0. The van der Waals surface area contributed by atoms with Crippen LogP contribution < -0.4 is 0 Å². The van der Waals surface area contributed by atoms with Crippen molar-refractivity contribution in [1.82, 2.24) is 0 Å². The molecule has 0 fully saturated rings. The zero-order chi connectivity index (χ0) is 12.5. The van der Waals surface area contributed by atoms with Gasteiger partial charge in [0.2, 0.25) is 0 Å². The maximum atomic E-state index is 10.6. The monoisotopic (exact) mass is 246 g/mol. The van der Waals surface area contributed by atoms with Gasteiger partial charge >= 0.3 is 17.3 Å². The van der Waals surface area contributed by atoms with Crippen LogP contribution in [0.2, 0.25) is 5.02 Å². The van der Waals surface area contributed by atoms with E-state index >= 15 is 0 Å². The topological polar surface area (TPSA) is 124 Å². The minimum atomic E-state index is -1.46. The van der Waals surface area contributed by atoms with Gasteiger partial charge in [0.15, 0.2) is 0 Å². The third-order valence-corrected chi connectivity index (χ3v) is 1.96. The Hall–Kier alpha value is -2.22. The van der Waals surface area contributed by atoms with Crippen molar-refractivity contribution in [3.05, 3.63) is 42.9 Å². The molecule has 0 atom stereocenters. The molecule has 1 rings (SSSR count). The lowest BCUT2D eigenvalue weighted by atomic mass is 10.2. The Bertz CT molecular complexity index is 500. The van der Waals surface area contributed by atoms with Crippen LogP contribution >= 0.6 is 11.6 Å². The average Bonchev–Trinajstić information content (AvgIpc) is 2.15. The standard InChI is InChI=1S/C7H3ClN2O6/c8-4-1-3(7(11)12)2-5(9(13)14)6(4)10(15)16/h1-2H,(H,11,12). The van der Waals surface area contributed by atoms with Gasteiger partial charge < -0.3 is 5.11 Å². The van der Waals surface area contributed by atoms with Crippen molar-refractivity contribution in [2.24, 2.45) is 0 Å². The van der Waals surface area contributed by atoms with Crippen LogP contribution in [0.3, 0.4) is 0 Å².